The Morgan fingerprint density at radius 1 is 1.07 bits per heavy atom. The molecule has 0 fully saturated rings. The second kappa shape index (κ2) is 10.8. The Bertz CT molecular complexity index is 144. The van der Waals surface area contributed by atoms with Gasteiger partial charge in [0.1, 0.15) is 0 Å². The molecule has 0 aliphatic carbocycles. The van der Waals surface area contributed by atoms with E-state index in [1.165, 1.54) is 0 Å². The molecule has 0 aliphatic rings. The first-order chi connectivity index (χ1) is 6.81. The second-order valence-electron chi connectivity index (χ2n) is 5.26. The number of hydrogen-bond acceptors (Lipinski definition) is 2. The van der Waals surface area contributed by atoms with Crippen molar-refractivity contribution >= 4 is 24.3 Å². The number of carbonyl (C=O) groups is 1. The van der Waals surface area contributed by atoms with E-state index in [1.54, 1.807) is 0 Å². The van der Waals surface area contributed by atoms with Crippen LogP contribution in [0.3, 0.4) is 0 Å². The summed E-state index contributed by atoms with van der Waals surface area (Å²) in [5.41, 5.74) is 0. The molecule has 0 saturated carbocycles. The Balaban J connectivity index is 0. The van der Waals surface area contributed by atoms with Gasteiger partial charge < -0.3 is 4.74 Å². The molecule has 0 N–H and O–H groups in total. The third-order valence-corrected chi connectivity index (χ3v) is 1.29. The summed E-state index contributed by atoms with van der Waals surface area (Å²) >= 11 is -1.18. The van der Waals surface area contributed by atoms with Crippen molar-refractivity contribution in [3.8, 4) is 0 Å². The van der Waals surface area contributed by atoms with E-state index >= 15 is 0 Å². The van der Waals surface area contributed by atoms with E-state index < -0.39 is 18.4 Å². The summed E-state index contributed by atoms with van der Waals surface area (Å²) in [5.74, 6) is -0.0593. The summed E-state index contributed by atoms with van der Waals surface area (Å²) in [6.45, 7) is 4.45. The fraction of sp³-hybridized carbons (Fsp3) is 0.917. The fourth-order valence-corrected chi connectivity index (χ4v) is 0.752. The maximum absolute atomic E-state index is 10.7. The van der Waals surface area contributed by atoms with Crippen molar-refractivity contribution in [3.05, 3.63) is 0 Å². The van der Waals surface area contributed by atoms with Gasteiger partial charge in [-0.25, -0.2) is 0 Å². The summed E-state index contributed by atoms with van der Waals surface area (Å²) in [6.07, 6.45) is 3.83. The van der Waals surface area contributed by atoms with Crippen molar-refractivity contribution in [2.24, 2.45) is 0 Å². The van der Waals surface area contributed by atoms with E-state index in [-0.39, 0.29) is 5.97 Å². The average molecular weight is 323 g/mol. The normalized spacial score (nSPS) is 10.3. The van der Waals surface area contributed by atoms with E-state index in [9.17, 15) is 4.79 Å². The zero-order valence-corrected chi connectivity index (χ0v) is 14.2. The topological polar surface area (TPSA) is 26.3 Å². The van der Waals surface area contributed by atoms with Gasteiger partial charge in [-0.15, -0.1) is 0 Å². The van der Waals surface area contributed by atoms with Gasteiger partial charge in [-0.2, -0.15) is 0 Å². The first-order valence-corrected chi connectivity index (χ1v) is 17.4. The predicted octanol–water partition coefficient (Wildman–Crippen LogP) is 4.08. The molecule has 0 amide bonds. The summed E-state index contributed by atoms with van der Waals surface area (Å²) in [5, 5.41) is 0. The molecule has 2 nitrogen and oxygen atoms in total. The Hall–Kier alpha value is 0.269. The van der Waals surface area contributed by atoms with Crippen LogP contribution in [0.1, 0.15) is 39.5 Å². The number of carbonyl (C=O) groups excluding carboxylic acids is 1. The van der Waals surface area contributed by atoms with Crippen LogP contribution in [0.4, 0.5) is 0 Å². The van der Waals surface area contributed by atoms with Crippen LogP contribution < -0.4 is 0 Å². The third kappa shape index (κ3) is 31.4. The van der Waals surface area contributed by atoms with Crippen molar-refractivity contribution in [2.45, 2.75) is 59.3 Å². The Morgan fingerprint density at radius 2 is 1.53 bits per heavy atom. The van der Waals surface area contributed by atoms with Crippen molar-refractivity contribution in [1.29, 1.82) is 0 Å². The molecule has 0 aromatic rings. The number of esters is 1. The van der Waals surface area contributed by atoms with Crippen LogP contribution in [0.5, 0.6) is 0 Å². The van der Waals surface area contributed by atoms with Gasteiger partial charge in [0, 0.05) is 6.42 Å². The van der Waals surface area contributed by atoms with E-state index in [1.807, 2.05) is 6.92 Å². The van der Waals surface area contributed by atoms with Gasteiger partial charge in [0.25, 0.3) is 0 Å². The van der Waals surface area contributed by atoms with E-state index in [4.69, 9.17) is 4.74 Å². The van der Waals surface area contributed by atoms with Crippen LogP contribution in [0.2, 0.25) is 19.8 Å². The Labute approximate surface area is 99.7 Å². The maximum atomic E-state index is 10.7. The average Bonchev–Trinajstić information content (AvgIpc) is 2.02. The summed E-state index contributed by atoms with van der Waals surface area (Å²) in [7, 11) is 0. The molecule has 0 heterocycles. The number of ether oxygens (including phenoxy) is 1. The minimum atomic E-state index is -1.18. The molecule has 3 heteroatoms. The zero-order chi connectivity index (χ0) is 12.3. The standard InChI is InChI=1S/C8H16O2.4CH3.Sn/c1-3-5-6-7-8(9)10-4-2;;;;;/h3-7H2,1-2H3;4*1H3;. The Kier molecular flexibility index (Phi) is 12.7. The van der Waals surface area contributed by atoms with E-state index in [2.05, 4.69) is 26.7 Å². The quantitative estimate of drug-likeness (QED) is 0.433. The summed E-state index contributed by atoms with van der Waals surface area (Å²) in [4.78, 5) is 20.3. The SMILES string of the molecule is CCCCCC(=O)OCC.[CH3][Sn]([CH3])([CH3])[CH3]. The van der Waals surface area contributed by atoms with Crippen molar-refractivity contribution < 1.29 is 9.53 Å². The first-order valence-electron chi connectivity index (χ1n) is 5.96. The molecular weight excluding hydrogens is 295 g/mol. The Morgan fingerprint density at radius 3 is 1.87 bits per heavy atom. The molecule has 15 heavy (non-hydrogen) atoms. The number of hydrogen-bond donors (Lipinski definition) is 0. The minimum absolute atomic E-state index is 0.0593. The van der Waals surface area contributed by atoms with Crippen molar-refractivity contribution in [1.82, 2.24) is 0 Å². The molecule has 0 atom stereocenters. The van der Waals surface area contributed by atoms with E-state index in [0.717, 1.165) is 19.3 Å². The summed E-state index contributed by atoms with van der Waals surface area (Å²) in [6, 6.07) is 0. The van der Waals surface area contributed by atoms with E-state index in [0.29, 0.717) is 13.0 Å². The molecule has 0 spiro atoms. The molecule has 0 aliphatic heterocycles. The molecule has 0 saturated heterocycles. The third-order valence-electron chi connectivity index (χ3n) is 1.29. The van der Waals surface area contributed by atoms with Crippen LogP contribution in [-0.2, 0) is 9.53 Å². The van der Waals surface area contributed by atoms with Gasteiger partial charge in [0.2, 0.25) is 0 Å². The van der Waals surface area contributed by atoms with Gasteiger partial charge >= 0.3 is 44.1 Å². The van der Waals surface area contributed by atoms with Gasteiger partial charge in [-0.3, -0.25) is 4.79 Å². The molecule has 92 valence electrons. The molecular formula is C12H28O2Sn. The number of rotatable bonds is 5. The first kappa shape index (κ1) is 17.7. The molecule has 0 rings (SSSR count). The van der Waals surface area contributed by atoms with Crippen molar-refractivity contribution in [3.63, 3.8) is 0 Å². The van der Waals surface area contributed by atoms with Gasteiger partial charge in [-0.1, -0.05) is 19.8 Å². The second-order valence-corrected chi connectivity index (χ2v) is 22.4. The van der Waals surface area contributed by atoms with Crippen LogP contribution >= 0.6 is 0 Å². The monoisotopic (exact) mass is 324 g/mol. The molecule has 0 aromatic carbocycles. The van der Waals surface area contributed by atoms with Crippen molar-refractivity contribution in [2.75, 3.05) is 6.61 Å². The zero-order valence-electron chi connectivity index (χ0n) is 11.4. The van der Waals surface area contributed by atoms with Crippen LogP contribution in [0.25, 0.3) is 0 Å². The predicted molar refractivity (Wildman–Crippen MR) is 70.0 cm³/mol. The molecule has 0 bridgehead atoms. The summed E-state index contributed by atoms with van der Waals surface area (Å²) < 4.78 is 4.75. The number of unbranched alkanes of at least 4 members (excludes halogenated alkanes) is 2. The molecule has 0 aromatic heterocycles. The van der Waals surface area contributed by atoms with Gasteiger partial charge in [0.05, 0.1) is 6.61 Å². The molecule has 0 unspecified atom stereocenters. The van der Waals surface area contributed by atoms with Crippen LogP contribution in [-0.4, -0.2) is 31.0 Å². The molecule has 0 radical (unpaired) electrons. The fourth-order valence-electron chi connectivity index (χ4n) is 0.752. The van der Waals surface area contributed by atoms with Crippen LogP contribution in [0, 0.1) is 0 Å². The van der Waals surface area contributed by atoms with Gasteiger partial charge in [0.15, 0.2) is 0 Å². The van der Waals surface area contributed by atoms with Gasteiger partial charge in [-0.05, 0) is 13.3 Å². The van der Waals surface area contributed by atoms with Crippen LogP contribution in [0.15, 0.2) is 0 Å².